The summed E-state index contributed by atoms with van der Waals surface area (Å²) in [6.07, 6.45) is 12.7. The first-order chi connectivity index (χ1) is 14.7. The van der Waals surface area contributed by atoms with E-state index in [0.29, 0.717) is 23.9 Å². The molecule has 2 rings (SSSR count). The lowest BCUT2D eigenvalue weighted by atomic mass is 10.2. The largest absolute Gasteiger partial charge is 0.490 e. The van der Waals surface area contributed by atoms with E-state index in [1.165, 1.54) is 6.08 Å². The van der Waals surface area contributed by atoms with Crippen LogP contribution in [0.4, 0.5) is 0 Å². The number of allylic oxidation sites excluding steroid dienone is 1. The maximum atomic E-state index is 11.7. The molecule has 6 heteroatoms. The van der Waals surface area contributed by atoms with Crippen molar-refractivity contribution in [2.24, 2.45) is 0 Å². The molecule has 2 aromatic rings. The number of carbonyl (C=O) groups excluding carboxylic acids is 1. The molecule has 0 bridgehead atoms. The summed E-state index contributed by atoms with van der Waals surface area (Å²) in [5.41, 5.74) is 0.840. The van der Waals surface area contributed by atoms with E-state index in [1.807, 2.05) is 18.2 Å². The zero-order chi connectivity index (χ0) is 21.4. The third-order valence-corrected chi connectivity index (χ3v) is 4.26. The van der Waals surface area contributed by atoms with E-state index < -0.39 is 0 Å². The second-order valence-electron chi connectivity index (χ2n) is 6.90. The van der Waals surface area contributed by atoms with Crippen molar-refractivity contribution in [2.45, 2.75) is 52.4 Å². The lowest BCUT2D eigenvalue weighted by molar-refractivity contribution is -0.129. The molecule has 0 aliphatic carbocycles. The molecule has 0 aliphatic heterocycles. The Hall–Kier alpha value is -2.73. The van der Waals surface area contributed by atoms with Gasteiger partial charge in [0.05, 0.1) is 19.0 Å². The number of carbonyl (C=O) groups is 1. The van der Waals surface area contributed by atoms with Gasteiger partial charge in [-0.25, -0.2) is 14.8 Å². The number of hydrogen-bond donors (Lipinski definition) is 0. The van der Waals surface area contributed by atoms with Gasteiger partial charge in [-0.1, -0.05) is 32.8 Å². The SMILES string of the molecule is CCC/C=C/C(=O)Oc1ccc(-c2ncc(OCCCCOCCCC)cn2)cc1. The molecule has 0 unspecified atom stereocenters. The molecule has 0 aliphatic rings. The molecular weight excluding hydrogens is 380 g/mol. The minimum Gasteiger partial charge on any atom is -0.490 e. The van der Waals surface area contributed by atoms with Gasteiger partial charge in [0.15, 0.2) is 11.6 Å². The van der Waals surface area contributed by atoms with Crippen LogP contribution < -0.4 is 9.47 Å². The molecule has 0 N–H and O–H groups in total. The van der Waals surface area contributed by atoms with Crippen LogP contribution in [0.1, 0.15) is 52.4 Å². The fourth-order valence-electron chi connectivity index (χ4n) is 2.55. The molecule has 0 radical (unpaired) electrons. The smallest absolute Gasteiger partial charge is 0.335 e. The number of esters is 1. The number of hydrogen-bond acceptors (Lipinski definition) is 6. The summed E-state index contributed by atoms with van der Waals surface area (Å²) in [5.74, 6) is 1.35. The summed E-state index contributed by atoms with van der Waals surface area (Å²) in [5, 5.41) is 0. The summed E-state index contributed by atoms with van der Waals surface area (Å²) in [6.45, 7) is 6.45. The van der Waals surface area contributed by atoms with Gasteiger partial charge in [0.25, 0.3) is 0 Å². The van der Waals surface area contributed by atoms with E-state index in [9.17, 15) is 4.79 Å². The summed E-state index contributed by atoms with van der Waals surface area (Å²) in [7, 11) is 0. The highest BCUT2D eigenvalue weighted by atomic mass is 16.5. The molecule has 0 saturated heterocycles. The van der Waals surface area contributed by atoms with Crippen molar-refractivity contribution < 1.29 is 19.0 Å². The van der Waals surface area contributed by atoms with Crippen LogP contribution in [0.5, 0.6) is 11.5 Å². The van der Waals surface area contributed by atoms with Crippen molar-refractivity contribution in [3.05, 3.63) is 48.8 Å². The van der Waals surface area contributed by atoms with Crippen LogP contribution in [-0.4, -0.2) is 35.8 Å². The Morgan fingerprint density at radius 1 is 0.900 bits per heavy atom. The molecule has 162 valence electrons. The average Bonchev–Trinajstić information content (AvgIpc) is 2.77. The van der Waals surface area contributed by atoms with E-state index in [2.05, 4.69) is 23.8 Å². The Kier molecular flexibility index (Phi) is 11.2. The molecule has 1 aromatic carbocycles. The molecule has 0 spiro atoms. The van der Waals surface area contributed by atoms with Gasteiger partial charge in [0.1, 0.15) is 5.75 Å². The van der Waals surface area contributed by atoms with Gasteiger partial charge >= 0.3 is 5.97 Å². The van der Waals surface area contributed by atoms with Crippen LogP contribution in [0.2, 0.25) is 0 Å². The Balaban J connectivity index is 1.74. The van der Waals surface area contributed by atoms with Gasteiger partial charge in [-0.3, -0.25) is 0 Å². The Labute approximate surface area is 179 Å². The molecule has 1 heterocycles. The van der Waals surface area contributed by atoms with E-state index in [4.69, 9.17) is 14.2 Å². The number of benzene rings is 1. The number of nitrogens with zero attached hydrogens (tertiary/aromatic N) is 2. The fraction of sp³-hybridized carbons (Fsp3) is 0.458. The highest BCUT2D eigenvalue weighted by Gasteiger charge is 2.05. The molecular formula is C24H32N2O4. The maximum Gasteiger partial charge on any atom is 0.335 e. The molecule has 0 atom stereocenters. The van der Waals surface area contributed by atoms with E-state index in [1.54, 1.807) is 24.5 Å². The molecule has 0 saturated carbocycles. The minimum atomic E-state index is -0.374. The highest BCUT2D eigenvalue weighted by molar-refractivity contribution is 5.84. The molecule has 0 fully saturated rings. The molecule has 1 aromatic heterocycles. The Bertz CT molecular complexity index is 758. The summed E-state index contributed by atoms with van der Waals surface area (Å²) >= 11 is 0. The molecule has 6 nitrogen and oxygen atoms in total. The van der Waals surface area contributed by atoms with Crippen LogP contribution in [-0.2, 0) is 9.53 Å². The second-order valence-corrected chi connectivity index (χ2v) is 6.90. The summed E-state index contributed by atoms with van der Waals surface area (Å²) < 4.78 is 16.5. The van der Waals surface area contributed by atoms with Gasteiger partial charge in [0.2, 0.25) is 0 Å². The van der Waals surface area contributed by atoms with Crippen molar-refractivity contribution in [2.75, 3.05) is 19.8 Å². The second kappa shape index (κ2) is 14.3. The predicted octanol–water partition coefficient (Wildman–Crippen LogP) is 5.38. The zero-order valence-electron chi connectivity index (χ0n) is 18.0. The first-order valence-electron chi connectivity index (χ1n) is 10.7. The van der Waals surface area contributed by atoms with Crippen LogP contribution >= 0.6 is 0 Å². The predicted molar refractivity (Wildman–Crippen MR) is 118 cm³/mol. The van der Waals surface area contributed by atoms with Gasteiger partial charge in [0, 0.05) is 24.9 Å². The summed E-state index contributed by atoms with van der Waals surface area (Å²) in [4.78, 5) is 20.4. The van der Waals surface area contributed by atoms with E-state index in [0.717, 1.165) is 57.3 Å². The van der Waals surface area contributed by atoms with Crippen molar-refractivity contribution in [1.29, 1.82) is 0 Å². The lowest BCUT2D eigenvalue weighted by Crippen LogP contribution is -2.03. The Morgan fingerprint density at radius 3 is 2.30 bits per heavy atom. The van der Waals surface area contributed by atoms with Crippen LogP contribution in [0.3, 0.4) is 0 Å². The maximum absolute atomic E-state index is 11.7. The van der Waals surface area contributed by atoms with Gasteiger partial charge < -0.3 is 14.2 Å². The van der Waals surface area contributed by atoms with Gasteiger partial charge in [-0.15, -0.1) is 0 Å². The number of ether oxygens (including phenoxy) is 3. The molecule has 0 amide bonds. The van der Waals surface area contributed by atoms with Crippen LogP contribution in [0, 0.1) is 0 Å². The standard InChI is InChI=1S/C24H32N2O4/c1-3-5-7-10-23(27)30-21-13-11-20(12-14-21)24-25-18-22(19-26-24)29-17-9-8-16-28-15-6-4-2/h7,10-14,18-19H,3-6,8-9,15-17H2,1-2H3/b10-7+. The number of aromatic nitrogens is 2. The summed E-state index contributed by atoms with van der Waals surface area (Å²) in [6, 6.07) is 7.12. The lowest BCUT2D eigenvalue weighted by Gasteiger charge is -2.07. The monoisotopic (exact) mass is 412 g/mol. The molecule has 30 heavy (non-hydrogen) atoms. The van der Waals surface area contributed by atoms with Crippen LogP contribution in [0.25, 0.3) is 11.4 Å². The zero-order valence-corrected chi connectivity index (χ0v) is 18.0. The minimum absolute atomic E-state index is 0.374. The van der Waals surface area contributed by atoms with Crippen molar-refractivity contribution in [1.82, 2.24) is 9.97 Å². The van der Waals surface area contributed by atoms with Crippen molar-refractivity contribution in [3.63, 3.8) is 0 Å². The first-order valence-corrected chi connectivity index (χ1v) is 10.7. The van der Waals surface area contributed by atoms with Crippen molar-refractivity contribution in [3.8, 4) is 22.9 Å². The highest BCUT2D eigenvalue weighted by Crippen LogP contribution is 2.20. The van der Waals surface area contributed by atoms with E-state index in [-0.39, 0.29) is 5.97 Å². The van der Waals surface area contributed by atoms with Crippen molar-refractivity contribution >= 4 is 5.97 Å². The number of rotatable bonds is 14. The van der Waals surface area contributed by atoms with Crippen LogP contribution in [0.15, 0.2) is 48.8 Å². The average molecular weight is 413 g/mol. The third-order valence-electron chi connectivity index (χ3n) is 4.26. The van der Waals surface area contributed by atoms with Gasteiger partial charge in [-0.2, -0.15) is 0 Å². The number of unbranched alkanes of at least 4 members (excludes halogenated alkanes) is 3. The van der Waals surface area contributed by atoms with E-state index >= 15 is 0 Å². The normalized spacial score (nSPS) is 11.0. The Morgan fingerprint density at radius 2 is 1.60 bits per heavy atom. The topological polar surface area (TPSA) is 70.5 Å². The quantitative estimate of drug-likeness (QED) is 0.180. The van der Waals surface area contributed by atoms with Gasteiger partial charge in [-0.05, 0) is 49.9 Å². The first kappa shape index (κ1) is 23.5. The fourth-order valence-corrected chi connectivity index (χ4v) is 2.55. The third kappa shape index (κ3) is 9.18.